The van der Waals surface area contributed by atoms with Crippen LogP contribution in [-0.2, 0) is 17.5 Å². The van der Waals surface area contributed by atoms with Gasteiger partial charge in [-0.15, -0.1) is 11.3 Å². The van der Waals surface area contributed by atoms with Crippen LogP contribution in [0.4, 0.5) is 30.4 Å². The molecule has 4 rings (SSSR count). The number of primary amides is 1. The molecule has 14 nitrogen and oxygen atoms in total. The summed E-state index contributed by atoms with van der Waals surface area (Å²) in [6.45, 7) is 0.359. The topological polar surface area (TPSA) is 202 Å². The SMILES string of the molecule is Cc1c([N+](=O)[O-])c([N+](=O)[O-])nn1CC(=O)Nc1c(C(N)=O)sc2nc(C(F)(F)F)cc(-c3ccco3)c12. The van der Waals surface area contributed by atoms with Crippen molar-refractivity contribution in [3.05, 3.63) is 61.0 Å². The van der Waals surface area contributed by atoms with Crippen molar-refractivity contribution in [2.45, 2.75) is 19.6 Å². The van der Waals surface area contributed by atoms with Crippen LogP contribution in [0.1, 0.15) is 21.1 Å². The van der Waals surface area contributed by atoms with E-state index in [4.69, 9.17) is 10.2 Å². The quantitative estimate of drug-likeness (QED) is 0.260. The number of aromatic nitrogens is 3. The Morgan fingerprint density at radius 3 is 2.49 bits per heavy atom. The second-order valence-corrected chi connectivity index (χ2v) is 8.36. The van der Waals surface area contributed by atoms with Gasteiger partial charge in [-0.1, -0.05) is 0 Å². The number of alkyl halides is 3. The molecule has 0 aliphatic rings. The van der Waals surface area contributed by atoms with E-state index in [1.807, 2.05) is 0 Å². The monoisotopic (exact) mass is 539 g/mol. The number of halogens is 3. The Morgan fingerprint density at radius 1 is 1.27 bits per heavy atom. The number of anilines is 1. The molecule has 0 unspecified atom stereocenters. The summed E-state index contributed by atoms with van der Waals surface area (Å²) < 4.78 is 46.4. The molecule has 0 spiro atoms. The largest absolute Gasteiger partial charge is 0.468 e. The molecule has 0 aromatic carbocycles. The van der Waals surface area contributed by atoms with Crippen LogP contribution < -0.4 is 11.1 Å². The Kier molecular flexibility index (Phi) is 6.12. The first-order valence-electron chi connectivity index (χ1n) is 9.84. The van der Waals surface area contributed by atoms with E-state index < -0.39 is 51.6 Å². The van der Waals surface area contributed by atoms with Crippen LogP contribution in [0.15, 0.2) is 28.9 Å². The number of nitrogens with zero attached hydrogens (tertiary/aromatic N) is 5. The maximum atomic E-state index is 13.5. The molecule has 18 heteroatoms. The number of hydrogen-bond donors (Lipinski definition) is 2. The van der Waals surface area contributed by atoms with Gasteiger partial charge >= 0.3 is 17.7 Å². The Bertz CT molecular complexity index is 1590. The van der Waals surface area contributed by atoms with E-state index in [1.165, 1.54) is 18.4 Å². The number of nitrogens with two attached hydrogens (primary N) is 1. The van der Waals surface area contributed by atoms with E-state index in [1.54, 1.807) is 0 Å². The molecule has 0 aliphatic heterocycles. The third-order valence-electron chi connectivity index (χ3n) is 5.03. The lowest BCUT2D eigenvalue weighted by Gasteiger charge is -2.11. The van der Waals surface area contributed by atoms with Crippen molar-refractivity contribution in [3.8, 4) is 11.3 Å². The van der Waals surface area contributed by atoms with Gasteiger partial charge < -0.3 is 25.6 Å². The van der Waals surface area contributed by atoms with Gasteiger partial charge in [-0.3, -0.25) is 19.7 Å². The van der Waals surface area contributed by atoms with Crippen molar-refractivity contribution < 1.29 is 37.0 Å². The fourth-order valence-corrected chi connectivity index (χ4v) is 4.50. The summed E-state index contributed by atoms with van der Waals surface area (Å²) >= 11 is 0.496. The van der Waals surface area contributed by atoms with E-state index in [0.29, 0.717) is 22.1 Å². The normalized spacial score (nSPS) is 11.6. The van der Waals surface area contributed by atoms with Crippen LogP contribution in [0.3, 0.4) is 0 Å². The van der Waals surface area contributed by atoms with Gasteiger partial charge in [0.15, 0.2) is 0 Å². The van der Waals surface area contributed by atoms with Gasteiger partial charge in [0.05, 0.1) is 22.0 Å². The van der Waals surface area contributed by atoms with Gasteiger partial charge in [-0.2, -0.15) is 17.9 Å². The second-order valence-electron chi connectivity index (χ2n) is 7.36. The van der Waals surface area contributed by atoms with Gasteiger partial charge in [0.2, 0.25) is 5.91 Å². The predicted molar refractivity (Wildman–Crippen MR) is 120 cm³/mol. The van der Waals surface area contributed by atoms with Crippen molar-refractivity contribution in [1.82, 2.24) is 14.8 Å². The standard InChI is InChI=1S/C19H12F3N7O7S/c1-7-14(28(32)33)17(29(34)35)26-27(7)6-11(30)25-13-12-8(9-3-2-4-36-9)5-10(19(20,21)22)24-18(12)37-15(13)16(23)31/h2-5H,6H2,1H3,(H2,23,31)(H,25,30). The van der Waals surface area contributed by atoms with Gasteiger partial charge in [0.1, 0.15) is 33.4 Å². The molecule has 0 atom stereocenters. The number of carbonyl (C=O) groups excluding carboxylic acids is 2. The summed E-state index contributed by atoms with van der Waals surface area (Å²) in [5.74, 6) is -3.17. The van der Waals surface area contributed by atoms with E-state index in [-0.39, 0.29) is 37.8 Å². The lowest BCUT2D eigenvalue weighted by molar-refractivity contribution is -0.424. The molecule has 0 saturated carbocycles. The first-order chi connectivity index (χ1) is 17.3. The number of nitro groups is 2. The summed E-state index contributed by atoms with van der Waals surface area (Å²) in [5.41, 5.74) is 2.46. The zero-order chi connectivity index (χ0) is 27.2. The molecule has 0 radical (unpaired) electrons. The lowest BCUT2D eigenvalue weighted by Crippen LogP contribution is -2.22. The molecule has 4 aromatic rings. The van der Waals surface area contributed by atoms with Gasteiger partial charge in [-0.05, 0) is 30.0 Å². The van der Waals surface area contributed by atoms with Gasteiger partial charge in [-0.25, -0.2) is 4.98 Å². The van der Waals surface area contributed by atoms with Crippen LogP contribution >= 0.6 is 11.3 Å². The first kappa shape index (κ1) is 25.2. The average molecular weight is 539 g/mol. The Balaban J connectivity index is 1.83. The number of hydrogen-bond acceptors (Lipinski definition) is 10. The van der Waals surface area contributed by atoms with Crippen molar-refractivity contribution in [2.24, 2.45) is 5.73 Å². The number of nitrogens with one attached hydrogen (secondary N) is 1. The fraction of sp³-hybridized carbons (Fsp3) is 0.158. The Labute approximate surface area is 205 Å². The van der Waals surface area contributed by atoms with Crippen LogP contribution in [0.5, 0.6) is 0 Å². The third-order valence-corrected chi connectivity index (χ3v) is 6.13. The zero-order valence-corrected chi connectivity index (χ0v) is 19.0. The lowest BCUT2D eigenvalue weighted by atomic mass is 10.1. The Hall–Kier alpha value is -4.87. The second kappa shape index (κ2) is 8.97. The van der Waals surface area contributed by atoms with Crippen LogP contribution in [0.2, 0.25) is 0 Å². The molecular weight excluding hydrogens is 527 g/mol. The van der Waals surface area contributed by atoms with Crippen LogP contribution in [0.25, 0.3) is 21.5 Å². The Morgan fingerprint density at radius 2 is 1.97 bits per heavy atom. The van der Waals surface area contributed by atoms with Crippen molar-refractivity contribution >= 4 is 50.6 Å². The minimum atomic E-state index is -4.85. The van der Waals surface area contributed by atoms with E-state index in [2.05, 4.69) is 15.4 Å². The number of thiophene rings is 1. The molecule has 4 aromatic heterocycles. The van der Waals surface area contributed by atoms with Crippen LogP contribution in [-0.4, -0.2) is 36.4 Å². The third kappa shape index (κ3) is 4.56. The number of amides is 2. The summed E-state index contributed by atoms with van der Waals surface area (Å²) in [4.78, 5) is 48.1. The minimum absolute atomic E-state index is 0.0311. The average Bonchev–Trinajstić information content (AvgIpc) is 3.51. The number of pyridine rings is 1. The maximum absolute atomic E-state index is 13.5. The molecule has 0 aliphatic carbocycles. The molecule has 0 bridgehead atoms. The highest BCUT2D eigenvalue weighted by Crippen LogP contribution is 2.43. The summed E-state index contributed by atoms with van der Waals surface area (Å²) in [6, 6.07) is 3.45. The molecule has 3 N–H and O–H groups in total. The molecular formula is C19H12F3N7O7S. The number of fused-ring (bicyclic) bond motifs is 1. The molecule has 2 amide bonds. The van der Waals surface area contributed by atoms with Crippen molar-refractivity contribution in [2.75, 3.05) is 5.32 Å². The summed E-state index contributed by atoms with van der Waals surface area (Å²) in [6.07, 6.45) is -3.65. The first-order valence-corrected chi connectivity index (χ1v) is 10.7. The molecule has 4 heterocycles. The molecule has 37 heavy (non-hydrogen) atoms. The molecule has 0 saturated heterocycles. The van der Waals surface area contributed by atoms with Crippen molar-refractivity contribution in [1.29, 1.82) is 0 Å². The van der Waals surface area contributed by atoms with E-state index in [9.17, 15) is 43.0 Å². The molecule has 192 valence electrons. The van der Waals surface area contributed by atoms with E-state index in [0.717, 1.165) is 6.92 Å². The summed E-state index contributed by atoms with van der Waals surface area (Å²) in [5, 5.41) is 28.1. The summed E-state index contributed by atoms with van der Waals surface area (Å²) in [7, 11) is 0. The number of furan rings is 1. The fourth-order valence-electron chi connectivity index (χ4n) is 3.49. The number of rotatable bonds is 7. The molecule has 0 fully saturated rings. The van der Waals surface area contributed by atoms with Crippen LogP contribution in [0, 0.1) is 27.2 Å². The number of carbonyl (C=O) groups is 2. The zero-order valence-electron chi connectivity index (χ0n) is 18.2. The highest BCUT2D eigenvalue weighted by molar-refractivity contribution is 7.21. The predicted octanol–water partition coefficient (Wildman–Crippen LogP) is 3.63. The van der Waals surface area contributed by atoms with Gasteiger partial charge in [0, 0.05) is 10.9 Å². The minimum Gasteiger partial charge on any atom is -0.464 e. The van der Waals surface area contributed by atoms with Gasteiger partial charge in [0.25, 0.3) is 5.91 Å². The highest BCUT2D eigenvalue weighted by atomic mass is 32.1. The maximum Gasteiger partial charge on any atom is 0.468 e. The van der Waals surface area contributed by atoms with E-state index >= 15 is 0 Å². The smallest absolute Gasteiger partial charge is 0.464 e. The van der Waals surface area contributed by atoms with Crippen molar-refractivity contribution in [3.63, 3.8) is 0 Å². The highest BCUT2D eigenvalue weighted by Gasteiger charge is 2.37.